The van der Waals surface area contributed by atoms with E-state index in [1.165, 1.54) is 18.7 Å². The first-order chi connectivity index (χ1) is 16.2. The van der Waals surface area contributed by atoms with Crippen LogP contribution in [0.15, 0.2) is 55.1 Å². The molecule has 0 aliphatic carbocycles. The van der Waals surface area contributed by atoms with E-state index in [0.717, 1.165) is 36.0 Å². The largest absolute Gasteiger partial charge is 0.416 e. The van der Waals surface area contributed by atoms with Crippen LogP contribution in [-0.4, -0.2) is 52.0 Å². The summed E-state index contributed by atoms with van der Waals surface area (Å²) >= 11 is 0. The molecule has 2 heterocycles. The van der Waals surface area contributed by atoms with Crippen LogP contribution in [0, 0.1) is 6.92 Å². The van der Waals surface area contributed by atoms with Gasteiger partial charge in [-0.2, -0.15) is 13.2 Å². The van der Waals surface area contributed by atoms with Gasteiger partial charge < -0.3 is 10.2 Å². The van der Waals surface area contributed by atoms with Gasteiger partial charge in [0.25, 0.3) is 0 Å². The van der Waals surface area contributed by atoms with E-state index in [0.29, 0.717) is 29.0 Å². The van der Waals surface area contributed by atoms with Gasteiger partial charge in [-0.25, -0.2) is 19.9 Å². The van der Waals surface area contributed by atoms with Crippen molar-refractivity contribution in [3.05, 3.63) is 66.2 Å². The zero-order valence-corrected chi connectivity index (χ0v) is 19.2. The summed E-state index contributed by atoms with van der Waals surface area (Å²) in [5, 5.41) is 4.18. The van der Waals surface area contributed by atoms with Crippen LogP contribution in [-0.2, 0) is 6.18 Å². The van der Waals surface area contributed by atoms with Gasteiger partial charge >= 0.3 is 6.18 Å². The predicted octanol–water partition coefficient (Wildman–Crippen LogP) is 5.44. The van der Waals surface area contributed by atoms with Crippen LogP contribution in [0.25, 0.3) is 33.4 Å². The molecule has 6 nitrogen and oxygen atoms in total. The second-order valence-electron chi connectivity index (χ2n) is 8.37. The van der Waals surface area contributed by atoms with E-state index in [1.807, 2.05) is 39.2 Å². The molecule has 0 atom stereocenters. The number of hydrogen-bond donors (Lipinski definition) is 1. The van der Waals surface area contributed by atoms with Crippen molar-refractivity contribution in [3.8, 4) is 22.5 Å². The summed E-state index contributed by atoms with van der Waals surface area (Å²) in [6.07, 6.45) is 0.661. The Labute approximate surface area is 195 Å². The Hall–Kier alpha value is -3.59. The van der Waals surface area contributed by atoms with Gasteiger partial charge in [0.15, 0.2) is 5.82 Å². The van der Waals surface area contributed by atoms with Crippen molar-refractivity contribution < 1.29 is 13.2 Å². The van der Waals surface area contributed by atoms with E-state index < -0.39 is 11.7 Å². The maximum Gasteiger partial charge on any atom is 0.416 e. The van der Waals surface area contributed by atoms with Gasteiger partial charge in [-0.05, 0) is 69.4 Å². The zero-order valence-electron chi connectivity index (χ0n) is 19.2. The lowest BCUT2D eigenvalue weighted by atomic mass is 10.0. The average Bonchev–Trinajstić information content (AvgIpc) is 2.81. The van der Waals surface area contributed by atoms with Gasteiger partial charge in [0, 0.05) is 35.5 Å². The molecular weight excluding hydrogens is 441 g/mol. The molecule has 0 aliphatic rings. The number of para-hydroxylation sites is 1. The maximum absolute atomic E-state index is 13.8. The molecule has 0 saturated carbocycles. The van der Waals surface area contributed by atoms with Gasteiger partial charge in [-0.3, -0.25) is 0 Å². The highest BCUT2D eigenvalue weighted by molar-refractivity contribution is 5.92. The van der Waals surface area contributed by atoms with Crippen molar-refractivity contribution in [3.63, 3.8) is 0 Å². The minimum atomic E-state index is -4.53. The number of hydrogen-bond acceptors (Lipinski definition) is 6. The minimum absolute atomic E-state index is 0.223. The number of rotatable bonds is 7. The van der Waals surface area contributed by atoms with Crippen LogP contribution in [0.2, 0.25) is 0 Å². The molecule has 0 fully saturated rings. The fraction of sp³-hybridized carbons (Fsp3) is 0.280. The van der Waals surface area contributed by atoms with E-state index >= 15 is 0 Å². The second-order valence-corrected chi connectivity index (χ2v) is 8.37. The lowest BCUT2D eigenvalue weighted by molar-refractivity contribution is -0.137. The molecule has 34 heavy (non-hydrogen) atoms. The zero-order chi connectivity index (χ0) is 24.3. The topological polar surface area (TPSA) is 66.8 Å². The molecule has 176 valence electrons. The highest BCUT2D eigenvalue weighted by atomic mass is 19.4. The molecule has 4 rings (SSSR count). The minimum Gasteiger partial charge on any atom is -0.369 e. The number of nitrogens with one attached hydrogen (secondary N) is 1. The summed E-state index contributed by atoms with van der Waals surface area (Å²) in [5.74, 6) is 0.825. The number of halogens is 3. The maximum atomic E-state index is 13.8. The molecule has 9 heteroatoms. The van der Waals surface area contributed by atoms with E-state index in [2.05, 4.69) is 30.2 Å². The second kappa shape index (κ2) is 9.72. The molecule has 0 unspecified atom stereocenters. The number of alkyl halides is 3. The Morgan fingerprint density at radius 2 is 1.68 bits per heavy atom. The molecule has 0 aliphatic heterocycles. The Kier molecular flexibility index (Phi) is 6.74. The molecular formula is C25H25F3N6. The first-order valence-electron chi connectivity index (χ1n) is 10.9. The van der Waals surface area contributed by atoms with Gasteiger partial charge in [-0.15, -0.1) is 0 Å². The lowest BCUT2D eigenvalue weighted by Gasteiger charge is -2.15. The molecule has 0 amide bonds. The normalized spacial score (nSPS) is 11.9. The summed E-state index contributed by atoms with van der Waals surface area (Å²) in [5.41, 5.74) is 1.94. The lowest BCUT2D eigenvalue weighted by Crippen LogP contribution is -2.17. The van der Waals surface area contributed by atoms with Gasteiger partial charge in [0.05, 0.1) is 11.1 Å². The van der Waals surface area contributed by atoms with Crippen LogP contribution >= 0.6 is 0 Å². The average molecular weight is 467 g/mol. The van der Waals surface area contributed by atoms with E-state index in [-0.39, 0.29) is 11.4 Å². The molecule has 4 aromatic rings. The Balaban J connectivity index is 1.84. The number of nitrogens with zero attached hydrogens (tertiary/aromatic N) is 5. The van der Waals surface area contributed by atoms with E-state index in [4.69, 9.17) is 0 Å². The number of aromatic nitrogens is 4. The van der Waals surface area contributed by atoms with E-state index in [1.54, 1.807) is 6.07 Å². The monoisotopic (exact) mass is 466 g/mol. The van der Waals surface area contributed by atoms with Crippen LogP contribution in [0.1, 0.15) is 17.5 Å². The van der Waals surface area contributed by atoms with E-state index in [9.17, 15) is 13.2 Å². The van der Waals surface area contributed by atoms with Crippen molar-refractivity contribution in [2.45, 2.75) is 19.5 Å². The van der Waals surface area contributed by atoms with Crippen LogP contribution in [0.5, 0.6) is 0 Å². The smallest absolute Gasteiger partial charge is 0.369 e. The summed E-state index contributed by atoms with van der Waals surface area (Å²) in [6.45, 7) is 3.50. The van der Waals surface area contributed by atoms with Crippen molar-refractivity contribution >= 4 is 16.7 Å². The third-order valence-corrected chi connectivity index (χ3v) is 5.42. The van der Waals surface area contributed by atoms with Crippen molar-refractivity contribution in [1.82, 2.24) is 24.8 Å². The highest BCUT2D eigenvalue weighted by Gasteiger charge is 2.32. The third-order valence-electron chi connectivity index (χ3n) is 5.42. The number of anilines is 1. The molecule has 0 spiro atoms. The number of aryl methyl sites for hydroxylation is 1. The molecule has 1 N–H and O–H groups in total. The molecule has 0 bridgehead atoms. The predicted molar refractivity (Wildman–Crippen MR) is 127 cm³/mol. The summed E-state index contributed by atoms with van der Waals surface area (Å²) < 4.78 is 41.3. The van der Waals surface area contributed by atoms with Gasteiger partial charge in [0.2, 0.25) is 0 Å². The fourth-order valence-corrected chi connectivity index (χ4v) is 3.70. The van der Waals surface area contributed by atoms with Crippen LogP contribution < -0.4 is 5.32 Å². The first-order valence-corrected chi connectivity index (χ1v) is 10.9. The number of fused-ring (bicyclic) bond motifs is 1. The molecule has 0 radical (unpaired) electrons. The van der Waals surface area contributed by atoms with Crippen LogP contribution in [0.3, 0.4) is 0 Å². The van der Waals surface area contributed by atoms with Crippen LogP contribution in [0.4, 0.5) is 19.0 Å². The van der Waals surface area contributed by atoms with Crippen molar-refractivity contribution in [1.29, 1.82) is 0 Å². The SMILES string of the molecule is Cc1cccc2c(NCCCN(C)C)nc(-c3cc(-c4cncnc4)cc(C(F)(F)F)c3)nc12. The summed E-state index contributed by atoms with van der Waals surface area (Å²) in [7, 11) is 4.01. The quantitative estimate of drug-likeness (QED) is 0.366. The fourth-order valence-electron chi connectivity index (χ4n) is 3.70. The third kappa shape index (κ3) is 5.31. The van der Waals surface area contributed by atoms with Crippen molar-refractivity contribution in [2.75, 3.05) is 32.5 Å². The highest BCUT2D eigenvalue weighted by Crippen LogP contribution is 2.36. The first kappa shape index (κ1) is 23.6. The standard InChI is InChI=1S/C25H25F3N6/c1-16-6-4-7-21-22(16)32-23(33-24(21)31-8-5-9-34(2)3)18-10-17(19-13-29-15-30-14-19)11-20(12-18)25(26,27)28/h4,6-7,10-15H,5,8-9H2,1-3H3,(H,31,32,33). The molecule has 2 aromatic carbocycles. The Morgan fingerprint density at radius 1 is 0.941 bits per heavy atom. The summed E-state index contributed by atoms with van der Waals surface area (Å²) in [4.78, 5) is 19.3. The Bertz CT molecular complexity index is 1290. The number of benzene rings is 2. The molecule has 2 aromatic heterocycles. The van der Waals surface area contributed by atoms with Crippen molar-refractivity contribution in [2.24, 2.45) is 0 Å². The Morgan fingerprint density at radius 3 is 2.38 bits per heavy atom. The van der Waals surface area contributed by atoms with Gasteiger partial charge in [0.1, 0.15) is 12.1 Å². The molecule has 0 saturated heterocycles. The van der Waals surface area contributed by atoms with Gasteiger partial charge in [-0.1, -0.05) is 12.1 Å². The summed E-state index contributed by atoms with van der Waals surface area (Å²) in [6, 6.07) is 9.58.